The molecule has 1 fully saturated rings. The van der Waals surface area contributed by atoms with Gasteiger partial charge in [-0.05, 0) is 42.7 Å². The first kappa shape index (κ1) is 15.4. The van der Waals surface area contributed by atoms with Crippen LogP contribution < -0.4 is 14.4 Å². The predicted molar refractivity (Wildman–Crippen MR) is 91.8 cm³/mol. The summed E-state index contributed by atoms with van der Waals surface area (Å²) in [7, 11) is 3.23. The van der Waals surface area contributed by atoms with Crippen molar-refractivity contribution in [3.05, 3.63) is 42.0 Å². The minimum atomic E-state index is 0.650. The Balaban J connectivity index is 2.14. The number of hydrogen-bond donors (Lipinski definition) is 0. The van der Waals surface area contributed by atoms with E-state index in [1.807, 2.05) is 30.3 Å². The monoisotopic (exact) mass is 311 g/mol. The quantitative estimate of drug-likeness (QED) is 0.788. The normalized spacial score (nSPS) is 13.9. The molecule has 0 bridgehead atoms. The Morgan fingerprint density at radius 2 is 1.78 bits per heavy atom. The van der Waals surface area contributed by atoms with E-state index in [0.29, 0.717) is 17.1 Å². The maximum Gasteiger partial charge on any atom is 0.168 e. The lowest BCUT2D eigenvalue weighted by molar-refractivity contribution is 0.112. The predicted octanol–water partition coefficient (Wildman–Crippen LogP) is 3.78. The van der Waals surface area contributed by atoms with Crippen LogP contribution in [0.2, 0.25) is 0 Å². The van der Waals surface area contributed by atoms with Crippen molar-refractivity contribution in [1.82, 2.24) is 0 Å². The number of hydrogen-bond acceptors (Lipinski definition) is 4. The molecule has 4 nitrogen and oxygen atoms in total. The summed E-state index contributed by atoms with van der Waals surface area (Å²) < 4.78 is 10.9. The second-order valence-corrected chi connectivity index (χ2v) is 5.62. The fourth-order valence-corrected chi connectivity index (χ4v) is 3.15. The summed E-state index contributed by atoms with van der Waals surface area (Å²) in [5, 5.41) is 0. The number of aldehydes is 1. The summed E-state index contributed by atoms with van der Waals surface area (Å²) in [5.41, 5.74) is 3.54. The van der Waals surface area contributed by atoms with Crippen LogP contribution in [0.15, 0.2) is 36.4 Å². The Hall–Kier alpha value is -2.49. The lowest BCUT2D eigenvalue weighted by Crippen LogP contribution is -2.17. The first-order chi connectivity index (χ1) is 11.3. The molecule has 0 aromatic heterocycles. The van der Waals surface area contributed by atoms with Crippen LogP contribution in [0.1, 0.15) is 23.2 Å². The molecule has 0 amide bonds. The summed E-state index contributed by atoms with van der Waals surface area (Å²) in [5.74, 6) is 1.31. The fraction of sp³-hybridized carbons (Fsp3) is 0.316. The van der Waals surface area contributed by atoms with Crippen molar-refractivity contribution in [1.29, 1.82) is 0 Å². The van der Waals surface area contributed by atoms with Gasteiger partial charge in [0, 0.05) is 29.9 Å². The molecule has 120 valence electrons. The van der Waals surface area contributed by atoms with E-state index in [9.17, 15) is 4.79 Å². The van der Waals surface area contributed by atoms with Crippen molar-refractivity contribution < 1.29 is 14.3 Å². The lowest BCUT2D eigenvalue weighted by atomic mass is 9.98. The molecule has 1 aliphatic rings. The first-order valence-electron chi connectivity index (χ1n) is 7.84. The van der Waals surface area contributed by atoms with E-state index in [-0.39, 0.29) is 0 Å². The Morgan fingerprint density at radius 1 is 1.00 bits per heavy atom. The third-order valence-electron chi connectivity index (χ3n) is 4.33. The third kappa shape index (κ3) is 2.89. The van der Waals surface area contributed by atoms with E-state index in [1.165, 1.54) is 12.8 Å². The summed E-state index contributed by atoms with van der Waals surface area (Å²) >= 11 is 0. The molecule has 0 N–H and O–H groups in total. The highest BCUT2D eigenvalue weighted by Crippen LogP contribution is 2.40. The molecule has 0 atom stereocenters. The van der Waals surface area contributed by atoms with E-state index in [1.54, 1.807) is 14.2 Å². The highest BCUT2D eigenvalue weighted by molar-refractivity contribution is 5.91. The van der Waals surface area contributed by atoms with Crippen LogP contribution in [0.3, 0.4) is 0 Å². The van der Waals surface area contributed by atoms with Crippen molar-refractivity contribution in [2.45, 2.75) is 12.8 Å². The van der Waals surface area contributed by atoms with Crippen molar-refractivity contribution in [2.24, 2.45) is 0 Å². The minimum absolute atomic E-state index is 0.650. The van der Waals surface area contributed by atoms with Crippen LogP contribution in [0.4, 0.5) is 5.69 Å². The number of anilines is 1. The van der Waals surface area contributed by atoms with Crippen LogP contribution >= 0.6 is 0 Å². The molecule has 1 aliphatic heterocycles. The smallest absolute Gasteiger partial charge is 0.168 e. The molecule has 3 rings (SSSR count). The molecule has 1 heterocycles. The van der Waals surface area contributed by atoms with Crippen molar-refractivity contribution in [3.8, 4) is 22.6 Å². The standard InChI is InChI=1S/C19H21NO3/c1-22-18-7-5-6-16(19(18)23-2)17-12-15(9-8-14(17)13-21)20-10-3-4-11-20/h5-9,12-13H,3-4,10-11H2,1-2H3. The number of methoxy groups -OCH3 is 2. The zero-order valence-electron chi connectivity index (χ0n) is 13.5. The SMILES string of the molecule is COc1cccc(-c2cc(N3CCCC3)ccc2C=O)c1OC. The van der Waals surface area contributed by atoms with Gasteiger partial charge in [-0.1, -0.05) is 12.1 Å². The average Bonchev–Trinajstić information content (AvgIpc) is 3.15. The molecule has 0 unspecified atom stereocenters. The van der Waals surface area contributed by atoms with E-state index >= 15 is 0 Å². The molecule has 0 spiro atoms. The number of ether oxygens (including phenoxy) is 2. The Morgan fingerprint density at radius 3 is 2.43 bits per heavy atom. The van der Waals surface area contributed by atoms with Gasteiger partial charge in [-0.3, -0.25) is 4.79 Å². The second kappa shape index (κ2) is 6.73. The van der Waals surface area contributed by atoms with E-state index in [4.69, 9.17) is 9.47 Å². The Bertz CT molecular complexity index is 706. The minimum Gasteiger partial charge on any atom is -0.493 e. The summed E-state index contributed by atoms with van der Waals surface area (Å²) in [6.45, 7) is 2.13. The molecular formula is C19H21NO3. The number of carbonyl (C=O) groups excluding carboxylic acids is 1. The third-order valence-corrected chi connectivity index (χ3v) is 4.33. The van der Waals surface area contributed by atoms with Crippen molar-refractivity contribution in [2.75, 3.05) is 32.2 Å². The van der Waals surface area contributed by atoms with Gasteiger partial charge in [-0.25, -0.2) is 0 Å². The van der Waals surface area contributed by atoms with Gasteiger partial charge in [0.15, 0.2) is 17.8 Å². The molecule has 4 heteroatoms. The van der Waals surface area contributed by atoms with Crippen molar-refractivity contribution >= 4 is 12.0 Å². The first-order valence-corrected chi connectivity index (χ1v) is 7.84. The van der Waals surface area contributed by atoms with E-state index < -0.39 is 0 Å². The zero-order valence-corrected chi connectivity index (χ0v) is 13.5. The van der Waals surface area contributed by atoms with Crippen molar-refractivity contribution in [3.63, 3.8) is 0 Å². The molecule has 0 aliphatic carbocycles. The topological polar surface area (TPSA) is 38.8 Å². The summed E-state index contributed by atoms with van der Waals surface area (Å²) in [4.78, 5) is 13.9. The molecular weight excluding hydrogens is 290 g/mol. The van der Waals surface area contributed by atoms with Gasteiger partial charge >= 0.3 is 0 Å². The van der Waals surface area contributed by atoms with Crippen LogP contribution in [-0.4, -0.2) is 33.6 Å². The molecule has 23 heavy (non-hydrogen) atoms. The maximum absolute atomic E-state index is 11.5. The molecule has 2 aromatic carbocycles. The van der Waals surface area contributed by atoms with Gasteiger partial charge in [0.05, 0.1) is 14.2 Å². The number of benzene rings is 2. The highest BCUT2D eigenvalue weighted by atomic mass is 16.5. The van der Waals surface area contributed by atoms with E-state index in [0.717, 1.165) is 36.2 Å². The molecule has 1 saturated heterocycles. The summed E-state index contributed by atoms with van der Waals surface area (Å²) in [6.07, 6.45) is 3.32. The number of para-hydroxylation sites is 1. The summed E-state index contributed by atoms with van der Waals surface area (Å²) in [6, 6.07) is 11.7. The van der Waals surface area contributed by atoms with E-state index in [2.05, 4.69) is 11.0 Å². The van der Waals surface area contributed by atoms with Gasteiger partial charge < -0.3 is 14.4 Å². The van der Waals surface area contributed by atoms with Crippen LogP contribution in [-0.2, 0) is 0 Å². The number of rotatable bonds is 5. The van der Waals surface area contributed by atoms with Gasteiger partial charge in [-0.2, -0.15) is 0 Å². The van der Waals surface area contributed by atoms with Gasteiger partial charge in [0.1, 0.15) is 0 Å². The average molecular weight is 311 g/mol. The van der Waals surface area contributed by atoms with Gasteiger partial charge in [0.25, 0.3) is 0 Å². The largest absolute Gasteiger partial charge is 0.493 e. The molecule has 0 radical (unpaired) electrons. The number of carbonyl (C=O) groups is 1. The van der Waals surface area contributed by atoms with Crippen LogP contribution in [0, 0.1) is 0 Å². The second-order valence-electron chi connectivity index (χ2n) is 5.62. The molecule has 2 aromatic rings. The van der Waals surface area contributed by atoms with Crippen LogP contribution in [0.5, 0.6) is 11.5 Å². The van der Waals surface area contributed by atoms with Crippen LogP contribution in [0.25, 0.3) is 11.1 Å². The van der Waals surface area contributed by atoms with Gasteiger partial charge in [-0.15, -0.1) is 0 Å². The Labute approximate surface area is 136 Å². The fourth-order valence-electron chi connectivity index (χ4n) is 3.15. The zero-order chi connectivity index (χ0) is 16.2. The number of nitrogens with zero attached hydrogens (tertiary/aromatic N) is 1. The maximum atomic E-state index is 11.5. The highest BCUT2D eigenvalue weighted by Gasteiger charge is 2.18. The lowest BCUT2D eigenvalue weighted by Gasteiger charge is -2.20. The van der Waals surface area contributed by atoms with Gasteiger partial charge in [0.2, 0.25) is 0 Å². The Kier molecular flexibility index (Phi) is 4.51. The molecule has 0 saturated carbocycles.